The predicted octanol–water partition coefficient (Wildman–Crippen LogP) is 3.48. The molecule has 0 radical (unpaired) electrons. The van der Waals surface area contributed by atoms with E-state index in [1.165, 1.54) is 0 Å². The molecule has 2 heteroatoms. The van der Waals surface area contributed by atoms with Crippen LogP contribution in [0.2, 0.25) is 0 Å². The molecule has 1 aromatic carbocycles. The van der Waals surface area contributed by atoms with Crippen LogP contribution in [-0.4, -0.2) is 19.7 Å². The van der Waals surface area contributed by atoms with Crippen molar-refractivity contribution < 1.29 is 4.74 Å². The maximum atomic E-state index is 5.83. The van der Waals surface area contributed by atoms with Gasteiger partial charge in [0, 0.05) is 0 Å². The Morgan fingerprint density at radius 2 is 1.81 bits per heavy atom. The van der Waals surface area contributed by atoms with Gasteiger partial charge in [0.15, 0.2) is 0 Å². The normalized spacial score (nSPS) is 11.2. The van der Waals surface area contributed by atoms with Gasteiger partial charge in [-0.1, -0.05) is 39.0 Å². The van der Waals surface area contributed by atoms with Gasteiger partial charge in [0.05, 0.1) is 6.10 Å². The monoisotopic (exact) mass is 223 g/mol. The van der Waals surface area contributed by atoms with E-state index in [0.717, 1.165) is 25.1 Å². The first kappa shape index (κ1) is 15.0. The number of hydrogen-bond donors (Lipinski definition) is 1. The lowest BCUT2D eigenvalue weighted by Gasteiger charge is -2.17. The molecule has 0 saturated heterocycles. The summed E-state index contributed by atoms with van der Waals surface area (Å²) in [5.41, 5.74) is 0. The summed E-state index contributed by atoms with van der Waals surface area (Å²) >= 11 is 0. The van der Waals surface area contributed by atoms with Crippen molar-refractivity contribution in [2.75, 3.05) is 13.6 Å². The molecule has 0 aliphatic carbocycles. The van der Waals surface area contributed by atoms with E-state index in [1.54, 1.807) is 0 Å². The summed E-state index contributed by atoms with van der Waals surface area (Å²) < 4.78 is 5.83. The molecule has 0 aliphatic heterocycles. The molecule has 2 nitrogen and oxygen atoms in total. The van der Waals surface area contributed by atoms with Crippen LogP contribution in [-0.2, 0) is 0 Å². The first-order chi connectivity index (χ1) is 7.86. The van der Waals surface area contributed by atoms with Gasteiger partial charge in [-0.25, -0.2) is 0 Å². The average molecular weight is 223 g/mol. The molecule has 1 atom stereocenters. The van der Waals surface area contributed by atoms with Crippen molar-refractivity contribution in [2.45, 2.75) is 39.7 Å². The third-order valence-corrected chi connectivity index (χ3v) is 2.22. The highest BCUT2D eigenvalue weighted by atomic mass is 16.5. The summed E-state index contributed by atoms with van der Waals surface area (Å²) in [6.45, 7) is 7.16. The lowest BCUT2D eigenvalue weighted by molar-refractivity contribution is 0.187. The molecular formula is C14H25NO. The second-order valence-corrected chi connectivity index (χ2v) is 3.35. The first-order valence-electron chi connectivity index (χ1n) is 6.23. The number of hydrogen-bond acceptors (Lipinski definition) is 2. The highest BCUT2D eigenvalue weighted by Crippen LogP contribution is 2.13. The molecule has 16 heavy (non-hydrogen) atoms. The quantitative estimate of drug-likeness (QED) is 0.797. The molecular weight excluding hydrogens is 198 g/mol. The van der Waals surface area contributed by atoms with Crippen LogP contribution in [0.15, 0.2) is 30.3 Å². The van der Waals surface area contributed by atoms with Crippen molar-refractivity contribution in [3.63, 3.8) is 0 Å². The summed E-state index contributed by atoms with van der Waals surface area (Å²) in [7, 11) is 1.97. The topological polar surface area (TPSA) is 21.3 Å². The van der Waals surface area contributed by atoms with Crippen molar-refractivity contribution in [3.05, 3.63) is 30.3 Å². The van der Waals surface area contributed by atoms with Gasteiger partial charge in [-0.2, -0.15) is 0 Å². The van der Waals surface area contributed by atoms with Crippen molar-refractivity contribution in [1.29, 1.82) is 0 Å². The van der Waals surface area contributed by atoms with E-state index >= 15 is 0 Å². The van der Waals surface area contributed by atoms with E-state index in [2.05, 4.69) is 12.2 Å². The van der Waals surface area contributed by atoms with E-state index in [4.69, 9.17) is 4.74 Å². The molecule has 0 aromatic heterocycles. The summed E-state index contributed by atoms with van der Waals surface area (Å²) in [6.07, 6.45) is 2.43. The average Bonchev–Trinajstić information content (AvgIpc) is 2.38. The maximum Gasteiger partial charge on any atom is 0.119 e. The maximum absolute atomic E-state index is 5.83. The highest BCUT2D eigenvalue weighted by molar-refractivity contribution is 5.21. The summed E-state index contributed by atoms with van der Waals surface area (Å²) in [5.74, 6) is 0.968. The van der Waals surface area contributed by atoms with Gasteiger partial charge in [-0.3, -0.25) is 0 Å². The fraction of sp³-hybridized carbons (Fsp3) is 0.571. The Labute approximate surface area is 100 Å². The third-order valence-electron chi connectivity index (χ3n) is 2.22. The Morgan fingerprint density at radius 1 is 1.19 bits per heavy atom. The van der Waals surface area contributed by atoms with Gasteiger partial charge in [0.1, 0.15) is 5.75 Å². The van der Waals surface area contributed by atoms with Gasteiger partial charge >= 0.3 is 0 Å². The van der Waals surface area contributed by atoms with Crippen LogP contribution in [0.1, 0.15) is 33.6 Å². The van der Waals surface area contributed by atoms with Gasteiger partial charge in [0.2, 0.25) is 0 Å². The lowest BCUT2D eigenvalue weighted by atomic mass is 10.2. The Kier molecular flexibility index (Phi) is 9.83. The van der Waals surface area contributed by atoms with Crippen molar-refractivity contribution in [1.82, 2.24) is 5.32 Å². The van der Waals surface area contributed by atoms with Crippen molar-refractivity contribution >= 4 is 0 Å². The van der Waals surface area contributed by atoms with Crippen molar-refractivity contribution in [2.24, 2.45) is 0 Å². The smallest absolute Gasteiger partial charge is 0.119 e. The summed E-state index contributed by atoms with van der Waals surface area (Å²) in [5, 5.41) is 3.14. The summed E-state index contributed by atoms with van der Waals surface area (Å²) in [4.78, 5) is 0. The molecule has 1 rings (SSSR count). The predicted molar refractivity (Wildman–Crippen MR) is 71.0 cm³/mol. The zero-order chi connectivity index (χ0) is 12.2. The van der Waals surface area contributed by atoms with E-state index < -0.39 is 0 Å². The molecule has 0 spiro atoms. The fourth-order valence-corrected chi connectivity index (χ4v) is 1.34. The van der Waals surface area contributed by atoms with Crippen LogP contribution >= 0.6 is 0 Å². The molecule has 0 heterocycles. The van der Waals surface area contributed by atoms with E-state index in [9.17, 15) is 0 Å². The third kappa shape index (κ3) is 6.46. The molecule has 0 saturated carbocycles. The van der Waals surface area contributed by atoms with Gasteiger partial charge < -0.3 is 10.1 Å². The van der Waals surface area contributed by atoms with Crippen LogP contribution in [0.3, 0.4) is 0 Å². The van der Waals surface area contributed by atoms with E-state index in [0.29, 0.717) is 6.10 Å². The number of nitrogens with one attached hydrogen (secondary N) is 1. The summed E-state index contributed by atoms with van der Waals surface area (Å²) in [6, 6.07) is 10.0. The highest BCUT2D eigenvalue weighted by Gasteiger charge is 2.06. The number of ether oxygens (including phenoxy) is 1. The lowest BCUT2D eigenvalue weighted by Crippen LogP contribution is -2.21. The second kappa shape index (κ2) is 10.5. The molecule has 1 N–H and O–H groups in total. The second-order valence-electron chi connectivity index (χ2n) is 3.35. The molecule has 1 unspecified atom stereocenters. The minimum absolute atomic E-state index is 0.324. The fourth-order valence-electron chi connectivity index (χ4n) is 1.34. The minimum atomic E-state index is 0.324. The number of benzene rings is 1. The Hall–Kier alpha value is -1.02. The standard InChI is InChI=1S/C12H19NO.C2H6/c1-3-11(9-10-13-2)14-12-7-5-4-6-8-12;1-2/h4-8,11,13H,3,9-10H2,1-2H3;1-2H3. The van der Waals surface area contributed by atoms with Gasteiger partial charge in [-0.15, -0.1) is 0 Å². The van der Waals surface area contributed by atoms with Gasteiger partial charge in [-0.05, 0) is 38.6 Å². The molecule has 1 aromatic rings. The van der Waals surface area contributed by atoms with Crippen LogP contribution in [0, 0.1) is 0 Å². The zero-order valence-electron chi connectivity index (χ0n) is 11.0. The van der Waals surface area contributed by atoms with Crippen LogP contribution in [0.5, 0.6) is 5.75 Å². The SMILES string of the molecule is CC.CCC(CCNC)Oc1ccccc1. The van der Waals surface area contributed by atoms with Crippen LogP contribution in [0.25, 0.3) is 0 Å². The van der Waals surface area contributed by atoms with Crippen LogP contribution in [0.4, 0.5) is 0 Å². The molecule has 92 valence electrons. The Balaban J connectivity index is 0.00000106. The first-order valence-corrected chi connectivity index (χ1v) is 6.23. The van der Waals surface area contributed by atoms with Gasteiger partial charge in [0.25, 0.3) is 0 Å². The molecule has 0 amide bonds. The van der Waals surface area contributed by atoms with Crippen LogP contribution < -0.4 is 10.1 Å². The van der Waals surface area contributed by atoms with E-state index in [-0.39, 0.29) is 0 Å². The molecule has 0 aliphatic rings. The number of rotatable bonds is 6. The zero-order valence-corrected chi connectivity index (χ0v) is 11.0. The largest absolute Gasteiger partial charge is 0.490 e. The molecule has 0 bridgehead atoms. The van der Waals surface area contributed by atoms with E-state index in [1.807, 2.05) is 51.2 Å². The molecule has 0 fully saturated rings. The minimum Gasteiger partial charge on any atom is -0.490 e. The van der Waals surface area contributed by atoms with Crippen molar-refractivity contribution in [3.8, 4) is 5.75 Å². The number of para-hydroxylation sites is 1. The Morgan fingerprint density at radius 3 is 2.31 bits per heavy atom. The Bertz CT molecular complexity index is 236.